The molecule has 1 aliphatic rings. The zero-order valence-corrected chi connectivity index (χ0v) is 16.9. The third-order valence-electron chi connectivity index (χ3n) is 2.85. The van der Waals surface area contributed by atoms with Crippen LogP contribution in [0.15, 0.2) is 4.99 Å². The molecule has 0 radical (unpaired) electrons. The van der Waals surface area contributed by atoms with Crippen LogP contribution in [-0.2, 0) is 4.74 Å². The van der Waals surface area contributed by atoms with E-state index in [4.69, 9.17) is 10.5 Å². The van der Waals surface area contributed by atoms with Crippen molar-refractivity contribution in [2.24, 2.45) is 16.6 Å². The zero-order chi connectivity index (χ0) is 16.3. The molecule has 1 rings (SSSR count). The number of ether oxygens (including phenoxy) is 1. The number of carbonyl (C=O) groups is 1. The summed E-state index contributed by atoms with van der Waals surface area (Å²) in [5, 5.41) is 6.01. The largest absolute Gasteiger partial charge is 0.444 e. The van der Waals surface area contributed by atoms with E-state index in [1.54, 1.807) is 0 Å². The van der Waals surface area contributed by atoms with Gasteiger partial charge in [0.2, 0.25) is 0 Å². The van der Waals surface area contributed by atoms with Gasteiger partial charge in [-0.3, -0.25) is 4.99 Å². The molecule has 6 nitrogen and oxygen atoms in total. The van der Waals surface area contributed by atoms with Crippen LogP contribution < -0.4 is 16.4 Å². The van der Waals surface area contributed by atoms with Crippen LogP contribution in [0.3, 0.4) is 0 Å². The fourth-order valence-corrected chi connectivity index (χ4v) is 1.89. The molecule has 0 aromatic carbocycles. The van der Waals surface area contributed by atoms with Gasteiger partial charge in [0.05, 0.1) is 12.6 Å². The number of nitrogens with one attached hydrogen (secondary N) is 2. The molecular formula is C15H31IN4O2. The number of halogens is 1. The SMILES string of the molecule is CC(C)(C)NC(N)=NCC(NC(=O)OC(C)(C)C)C1CC1.I. The highest BCUT2D eigenvalue weighted by Crippen LogP contribution is 2.32. The second-order valence-electron chi connectivity index (χ2n) is 7.69. The molecule has 1 fully saturated rings. The fraction of sp³-hybridized carbons (Fsp3) is 0.867. The molecule has 22 heavy (non-hydrogen) atoms. The molecule has 130 valence electrons. The number of nitrogens with zero attached hydrogens (tertiary/aromatic N) is 1. The lowest BCUT2D eigenvalue weighted by atomic mass is 10.1. The van der Waals surface area contributed by atoms with Gasteiger partial charge in [-0.1, -0.05) is 0 Å². The third kappa shape index (κ3) is 10.1. The minimum absolute atomic E-state index is 0. The molecule has 0 saturated heterocycles. The van der Waals surface area contributed by atoms with E-state index in [-0.39, 0.29) is 35.6 Å². The molecule has 1 amide bonds. The first-order chi connectivity index (χ1) is 9.46. The van der Waals surface area contributed by atoms with Crippen molar-refractivity contribution in [3.63, 3.8) is 0 Å². The maximum atomic E-state index is 11.8. The Morgan fingerprint density at radius 2 is 1.82 bits per heavy atom. The second-order valence-corrected chi connectivity index (χ2v) is 7.69. The van der Waals surface area contributed by atoms with Crippen LogP contribution in [0, 0.1) is 5.92 Å². The predicted octanol–water partition coefficient (Wildman–Crippen LogP) is 2.61. The van der Waals surface area contributed by atoms with Gasteiger partial charge < -0.3 is 21.1 Å². The van der Waals surface area contributed by atoms with Crippen LogP contribution in [-0.4, -0.2) is 35.8 Å². The summed E-state index contributed by atoms with van der Waals surface area (Å²) in [5.74, 6) is 0.878. The molecule has 0 aromatic heterocycles. The first kappa shape index (κ1) is 21.3. The highest BCUT2D eigenvalue weighted by molar-refractivity contribution is 14.0. The minimum atomic E-state index is -0.492. The average Bonchev–Trinajstić information content (AvgIpc) is 3.02. The van der Waals surface area contributed by atoms with Gasteiger partial charge in [0.25, 0.3) is 0 Å². The third-order valence-corrected chi connectivity index (χ3v) is 2.85. The average molecular weight is 426 g/mol. The highest BCUT2D eigenvalue weighted by Gasteiger charge is 2.33. The fourth-order valence-electron chi connectivity index (χ4n) is 1.89. The van der Waals surface area contributed by atoms with Crippen LogP contribution in [0.2, 0.25) is 0 Å². The topological polar surface area (TPSA) is 88.7 Å². The van der Waals surface area contributed by atoms with Crippen molar-refractivity contribution in [1.82, 2.24) is 10.6 Å². The van der Waals surface area contributed by atoms with Crippen molar-refractivity contribution in [3.8, 4) is 0 Å². The van der Waals surface area contributed by atoms with E-state index in [1.807, 2.05) is 41.5 Å². The molecule has 0 aromatic rings. The number of amides is 1. The number of nitrogens with two attached hydrogens (primary N) is 1. The smallest absolute Gasteiger partial charge is 0.407 e. The standard InChI is InChI=1S/C15H30N4O2.HI/c1-14(2,3)19-12(16)17-9-11(10-7-8-10)18-13(20)21-15(4,5)6;/h10-11H,7-9H2,1-6H3,(H,18,20)(H3,16,17,19);1H. The number of guanidine groups is 1. The molecule has 1 atom stereocenters. The Kier molecular flexibility index (Phi) is 7.94. The van der Waals surface area contributed by atoms with Gasteiger partial charge in [-0.25, -0.2) is 4.79 Å². The summed E-state index contributed by atoms with van der Waals surface area (Å²) in [6, 6.07) is -0.0137. The summed E-state index contributed by atoms with van der Waals surface area (Å²) >= 11 is 0. The maximum absolute atomic E-state index is 11.8. The van der Waals surface area contributed by atoms with Crippen molar-refractivity contribution in [2.75, 3.05) is 6.54 Å². The molecular weight excluding hydrogens is 395 g/mol. The molecule has 4 N–H and O–H groups in total. The zero-order valence-electron chi connectivity index (χ0n) is 14.5. The van der Waals surface area contributed by atoms with E-state index in [1.165, 1.54) is 0 Å². The molecule has 1 saturated carbocycles. The second kappa shape index (κ2) is 8.21. The predicted molar refractivity (Wildman–Crippen MR) is 101 cm³/mol. The van der Waals surface area contributed by atoms with Crippen LogP contribution in [0.1, 0.15) is 54.4 Å². The van der Waals surface area contributed by atoms with Crippen LogP contribution in [0.4, 0.5) is 4.79 Å². The molecule has 7 heteroatoms. The monoisotopic (exact) mass is 426 g/mol. The molecule has 0 heterocycles. The van der Waals surface area contributed by atoms with Crippen molar-refractivity contribution < 1.29 is 9.53 Å². The first-order valence-electron chi connectivity index (χ1n) is 7.54. The summed E-state index contributed by atoms with van der Waals surface area (Å²) in [5.41, 5.74) is 5.24. The Balaban J connectivity index is 0.00000441. The quantitative estimate of drug-likeness (QED) is 0.366. The van der Waals surface area contributed by atoms with Gasteiger partial charge in [0, 0.05) is 5.54 Å². The Hall–Kier alpha value is -0.730. The van der Waals surface area contributed by atoms with Gasteiger partial charge in [-0.15, -0.1) is 24.0 Å². The summed E-state index contributed by atoms with van der Waals surface area (Å²) in [4.78, 5) is 16.2. The molecule has 0 aliphatic heterocycles. The number of hydrogen-bond donors (Lipinski definition) is 3. The number of alkyl carbamates (subject to hydrolysis) is 1. The summed E-state index contributed by atoms with van der Waals surface area (Å²) in [6.45, 7) is 12.1. The lowest BCUT2D eigenvalue weighted by Gasteiger charge is -2.24. The van der Waals surface area contributed by atoms with Crippen molar-refractivity contribution in [1.29, 1.82) is 0 Å². The van der Waals surface area contributed by atoms with E-state index in [0.717, 1.165) is 12.8 Å². The van der Waals surface area contributed by atoms with Gasteiger partial charge in [0.1, 0.15) is 5.60 Å². The maximum Gasteiger partial charge on any atom is 0.407 e. The van der Waals surface area contributed by atoms with Crippen molar-refractivity contribution >= 4 is 36.0 Å². The van der Waals surface area contributed by atoms with Crippen molar-refractivity contribution in [3.05, 3.63) is 0 Å². The minimum Gasteiger partial charge on any atom is -0.444 e. The molecule has 1 aliphatic carbocycles. The van der Waals surface area contributed by atoms with E-state index >= 15 is 0 Å². The van der Waals surface area contributed by atoms with Gasteiger partial charge >= 0.3 is 6.09 Å². The van der Waals surface area contributed by atoms with Crippen molar-refractivity contribution in [2.45, 2.75) is 71.6 Å². The summed E-state index contributed by atoms with van der Waals surface area (Å²) in [6.07, 6.45) is 1.84. The molecule has 1 unspecified atom stereocenters. The van der Waals surface area contributed by atoms with E-state index in [9.17, 15) is 4.79 Å². The van der Waals surface area contributed by atoms with Crippen LogP contribution in [0.5, 0.6) is 0 Å². The Morgan fingerprint density at radius 3 is 2.23 bits per heavy atom. The van der Waals surface area contributed by atoms with E-state index in [2.05, 4.69) is 15.6 Å². The Morgan fingerprint density at radius 1 is 1.27 bits per heavy atom. The summed E-state index contributed by atoms with van der Waals surface area (Å²) in [7, 11) is 0. The lowest BCUT2D eigenvalue weighted by Crippen LogP contribution is -2.46. The summed E-state index contributed by atoms with van der Waals surface area (Å²) < 4.78 is 5.29. The first-order valence-corrected chi connectivity index (χ1v) is 7.54. The number of rotatable bonds is 4. The van der Waals surface area contributed by atoms with Gasteiger partial charge in [0.15, 0.2) is 5.96 Å². The number of carbonyl (C=O) groups excluding carboxylic acids is 1. The van der Waals surface area contributed by atoms with E-state index in [0.29, 0.717) is 18.4 Å². The molecule has 0 bridgehead atoms. The number of hydrogen-bond acceptors (Lipinski definition) is 3. The normalized spacial score (nSPS) is 17.3. The highest BCUT2D eigenvalue weighted by atomic mass is 127. The van der Waals surface area contributed by atoms with Crippen LogP contribution >= 0.6 is 24.0 Å². The molecule has 0 spiro atoms. The lowest BCUT2D eigenvalue weighted by molar-refractivity contribution is 0.0500. The van der Waals surface area contributed by atoms with Gasteiger partial charge in [-0.2, -0.15) is 0 Å². The van der Waals surface area contributed by atoms with Crippen LogP contribution in [0.25, 0.3) is 0 Å². The van der Waals surface area contributed by atoms with Gasteiger partial charge in [-0.05, 0) is 60.3 Å². The van der Waals surface area contributed by atoms with E-state index < -0.39 is 11.7 Å². The Bertz CT molecular complexity index is 395. The number of aliphatic imine (C=N–C) groups is 1. The Labute approximate surface area is 151 Å².